The first kappa shape index (κ1) is 21.0. The number of ether oxygens (including phenoxy) is 1. The van der Waals surface area contributed by atoms with Gasteiger partial charge in [-0.25, -0.2) is 4.39 Å². The van der Waals surface area contributed by atoms with Crippen molar-refractivity contribution >= 4 is 29.3 Å². The van der Waals surface area contributed by atoms with Gasteiger partial charge in [0, 0.05) is 17.6 Å². The van der Waals surface area contributed by atoms with Crippen LogP contribution in [0.3, 0.4) is 0 Å². The maximum Gasteiger partial charge on any atom is 0.240 e. The maximum atomic E-state index is 13.0. The lowest BCUT2D eigenvalue weighted by Crippen LogP contribution is -2.35. The van der Waals surface area contributed by atoms with Crippen molar-refractivity contribution in [2.24, 2.45) is 11.1 Å². The van der Waals surface area contributed by atoms with E-state index in [9.17, 15) is 14.0 Å². The Labute approximate surface area is 184 Å². The molecule has 32 heavy (non-hydrogen) atoms. The number of carbonyl (C=O) groups is 2. The average Bonchev–Trinajstić information content (AvgIpc) is 3.61. The smallest absolute Gasteiger partial charge is 0.240 e. The number of benzene rings is 2. The topological polar surface area (TPSA) is 106 Å². The van der Waals surface area contributed by atoms with Crippen LogP contribution in [0.4, 0.5) is 15.8 Å². The monoisotopic (exact) mass is 432 g/mol. The Balaban J connectivity index is 1.39. The van der Waals surface area contributed by atoms with Crippen molar-refractivity contribution in [2.45, 2.75) is 12.8 Å². The fraction of sp³-hybridized carbons (Fsp3) is 0.125. The third-order valence-corrected chi connectivity index (χ3v) is 5.12. The molecular weight excluding hydrogens is 411 g/mol. The number of rotatable bonds is 7. The molecule has 2 amide bonds. The van der Waals surface area contributed by atoms with E-state index < -0.39 is 17.1 Å². The van der Waals surface area contributed by atoms with E-state index >= 15 is 0 Å². The quantitative estimate of drug-likeness (QED) is 0.483. The van der Waals surface area contributed by atoms with Crippen molar-refractivity contribution in [3.05, 3.63) is 84.6 Å². The molecular formula is C24H21FN4O3. The molecule has 4 N–H and O–H groups in total. The lowest BCUT2D eigenvalue weighted by atomic mass is 10.0. The summed E-state index contributed by atoms with van der Waals surface area (Å²) in [5, 5.41) is 5.47. The highest BCUT2D eigenvalue weighted by Crippen LogP contribution is 2.47. The molecule has 0 saturated heterocycles. The first-order chi connectivity index (χ1) is 15.5. The van der Waals surface area contributed by atoms with Gasteiger partial charge < -0.3 is 21.1 Å². The number of amides is 2. The van der Waals surface area contributed by atoms with E-state index in [1.807, 2.05) is 0 Å². The second-order valence-corrected chi connectivity index (χ2v) is 7.37. The first-order valence-corrected chi connectivity index (χ1v) is 10.00. The van der Waals surface area contributed by atoms with Crippen LogP contribution in [0.2, 0.25) is 0 Å². The molecule has 8 heteroatoms. The number of nitrogens with two attached hydrogens (primary N) is 1. The van der Waals surface area contributed by atoms with Crippen LogP contribution in [0.1, 0.15) is 18.5 Å². The van der Waals surface area contributed by atoms with Crippen LogP contribution in [0.5, 0.6) is 11.5 Å². The summed E-state index contributed by atoms with van der Waals surface area (Å²) >= 11 is 0. The van der Waals surface area contributed by atoms with Crippen LogP contribution in [-0.2, 0) is 9.59 Å². The van der Waals surface area contributed by atoms with Gasteiger partial charge in [0.15, 0.2) is 5.75 Å². The minimum Gasteiger partial charge on any atom is -0.455 e. The van der Waals surface area contributed by atoms with Gasteiger partial charge in [0.05, 0.1) is 0 Å². The van der Waals surface area contributed by atoms with Crippen LogP contribution in [0.25, 0.3) is 6.08 Å². The van der Waals surface area contributed by atoms with E-state index in [4.69, 9.17) is 10.5 Å². The number of hydrogen-bond donors (Lipinski definition) is 3. The number of halogens is 1. The summed E-state index contributed by atoms with van der Waals surface area (Å²) in [6.07, 6.45) is 5.56. The van der Waals surface area contributed by atoms with Crippen LogP contribution >= 0.6 is 0 Å². The van der Waals surface area contributed by atoms with E-state index in [2.05, 4.69) is 15.6 Å². The van der Waals surface area contributed by atoms with E-state index in [0.717, 1.165) is 0 Å². The fourth-order valence-electron chi connectivity index (χ4n) is 3.16. The minimum atomic E-state index is -1.12. The fourth-order valence-corrected chi connectivity index (χ4v) is 3.16. The highest BCUT2D eigenvalue weighted by Gasteiger charge is 2.56. The molecule has 162 valence electrons. The Morgan fingerprint density at radius 3 is 2.12 bits per heavy atom. The molecule has 0 bridgehead atoms. The van der Waals surface area contributed by atoms with Gasteiger partial charge in [0.25, 0.3) is 0 Å². The number of aromatic nitrogens is 1. The zero-order chi connectivity index (χ0) is 22.6. The molecule has 1 aromatic heterocycles. The van der Waals surface area contributed by atoms with Crippen LogP contribution in [0.15, 0.2) is 73.1 Å². The number of pyridine rings is 1. The van der Waals surface area contributed by atoms with Crippen molar-refractivity contribution < 1.29 is 18.7 Å². The molecule has 3 aromatic rings. The van der Waals surface area contributed by atoms with E-state index in [1.54, 1.807) is 48.7 Å². The minimum absolute atomic E-state index is 0.381. The SMILES string of the molecule is NC=Cc1ncccc1Oc1ccc(NC(=O)C2(C(=O)Nc3ccc(F)cc3)CC2)cc1. The third-order valence-electron chi connectivity index (χ3n) is 5.12. The van der Waals surface area contributed by atoms with Gasteiger partial charge in [-0.15, -0.1) is 0 Å². The van der Waals surface area contributed by atoms with E-state index in [0.29, 0.717) is 41.4 Å². The van der Waals surface area contributed by atoms with Gasteiger partial charge in [0.2, 0.25) is 11.8 Å². The molecule has 0 spiro atoms. The second-order valence-electron chi connectivity index (χ2n) is 7.37. The highest BCUT2D eigenvalue weighted by molar-refractivity contribution is 6.16. The van der Waals surface area contributed by atoms with Crippen LogP contribution in [-0.4, -0.2) is 16.8 Å². The normalized spacial score (nSPS) is 14.0. The highest BCUT2D eigenvalue weighted by atomic mass is 19.1. The summed E-state index contributed by atoms with van der Waals surface area (Å²) in [7, 11) is 0. The van der Waals surface area contributed by atoms with Gasteiger partial charge in [-0.3, -0.25) is 14.6 Å². The summed E-state index contributed by atoms with van der Waals surface area (Å²) in [5.74, 6) is -0.0878. The summed E-state index contributed by atoms with van der Waals surface area (Å²) < 4.78 is 18.9. The Bertz CT molecular complexity index is 1160. The molecule has 0 aliphatic heterocycles. The Kier molecular flexibility index (Phi) is 5.85. The predicted molar refractivity (Wildman–Crippen MR) is 119 cm³/mol. The summed E-state index contributed by atoms with van der Waals surface area (Å²) in [6, 6.07) is 15.7. The molecule has 0 unspecified atom stereocenters. The largest absolute Gasteiger partial charge is 0.455 e. The summed E-state index contributed by atoms with van der Waals surface area (Å²) in [6.45, 7) is 0. The number of nitrogens with zero attached hydrogens (tertiary/aromatic N) is 1. The van der Waals surface area contributed by atoms with Crippen LogP contribution in [0, 0.1) is 11.2 Å². The average molecular weight is 432 g/mol. The zero-order valence-electron chi connectivity index (χ0n) is 17.0. The molecule has 1 aliphatic carbocycles. The van der Waals surface area contributed by atoms with Gasteiger partial charge in [-0.2, -0.15) is 0 Å². The molecule has 1 aliphatic rings. The van der Waals surface area contributed by atoms with E-state index in [-0.39, 0.29) is 5.91 Å². The van der Waals surface area contributed by atoms with Crippen LogP contribution < -0.4 is 21.1 Å². The molecule has 0 atom stereocenters. The standard InChI is InChI=1S/C24H21FN4O3/c25-16-3-5-17(6-4-16)28-22(30)24(12-13-24)23(31)29-18-7-9-19(10-8-18)32-21-2-1-15-27-20(21)11-14-26/h1-11,14-15H,12-13,26H2,(H,28,30)(H,29,31). The lowest BCUT2D eigenvalue weighted by molar-refractivity contribution is -0.131. The lowest BCUT2D eigenvalue weighted by Gasteiger charge is -2.16. The number of hydrogen-bond acceptors (Lipinski definition) is 5. The number of nitrogens with one attached hydrogen (secondary N) is 2. The van der Waals surface area contributed by atoms with Gasteiger partial charge in [0.1, 0.15) is 22.7 Å². The Hall–Kier alpha value is -4.20. The Morgan fingerprint density at radius 2 is 1.56 bits per heavy atom. The van der Waals surface area contributed by atoms with Gasteiger partial charge >= 0.3 is 0 Å². The molecule has 4 rings (SSSR count). The van der Waals surface area contributed by atoms with Gasteiger partial charge in [-0.05, 0) is 85.8 Å². The predicted octanol–water partition coefficient (Wildman–Crippen LogP) is 4.30. The van der Waals surface area contributed by atoms with Gasteiger partial charge in [-0.1, -0.05) is 0 Å². The maximum absolute atomic E-state index is 13.0. The molecule has 1 saturated carbocycles. The summed E-state index contributed by atoms with van der Waals surface area (Å²) in [4.78, 5) is 29.6. The van der Waals surface area contributed by atoms with Crippen molar-refractivity contribution in [3.8, 4) is 11.5 Å². The number of carbonyl (C=O) groups excluding carboxylic acids is 2. The summed E-state index contributed by atoms with van der Waals surface area (Å²) in [5.41, 5.74) is 5.89. The molecule has 0 radical (unpaired) electrons. The van der Waals surface area contributed by atoms with E-state index in [1.165, 1.54) is 30.5 Å². The van der Waals surface area contributed by atoms with Crippen molar-refractivity contribution in [1.29, 1.82) is 0 Å². The Morgan fingerprint density at radius 1 is 0.969 bits per heavy atom. The molecule has 2 aromatic carbocycles. The van der Waals surface area contributed by atoms with Crippen molar-refractivity contribution in [3.63, 3.8) is 0 Å². The first-order valence-electron chi connectivity index (χ1n) is 10.00. The van der Waals surface area contributed by atoms with Crippen molar-refractivity contribution in [1.82, 2.24) is 4.98 Å². The zero-order valence-corrected chi connectivity index (χ0v) is 17.0. The molecule has 1 heterocycles. The molecule has 7 nitrogen and oxygen atoms in total. The second kappa shape index (κ2) is 8.89. The number of anilines is 2. The third kappa shape index (κ3) is 4.59. The van der Waals surface area contributed by atoms with Crippen molar-refractivity contribution in [2.75, 3.05) is 10.6 Å². The molecule has 1 fully saturated rings.